The molecule has 0 aliphatic carbocycles. The van der Waals surface area contributed by atoms with Crippen LogP contribution in [0.2, 0.25) is 0 Å². The maximum atomic E-state index is 12.4. The van der Waals surface area contributed by atoms with E-state index in [1.165, 1.54) is 13.8 Å². The Morgan fingerprint density at radius 3 is 2.62 bits per heavy atom. The van der Waals surface area contributed by atoms with E-state index < -0.39 is 38.4 Å². The van der Waals surface area contributed by atoms with Crippen LogP contribution in [-0.4, -0.2) is 38.0 Å². The van der Waals surface area contributed by atoms with Gasteiger partial charge in [-0.2, -0.15) is 4.72 Å². The third kappa shape index (κ3) is 2.93. The zero-order valence-electron chi connectivity index (χ0n) is 11.6. The molecule has 3 N–H and O–H groups in total. The van der Waals surface area contributed by atoms with E-state index in [1.807, 2.05) is 0 Å². The van der Waals surface area contributed by atoms with E-state index in [-0.39, 0.29) is 11.5 Å². The van der Waals surface area contributed by atoms with Gasteiger partial charge in [0.1, 0.15) is 28.0 Å². The number of aryl methyl sites for hydroxylation is 2. The van der Waals surface area contributed by atoms with Gasteiger partial charge in [0.25, 0.3) is 0 Å². The van der Waals surface area contributed by atoms with Crippen molar-refractivity contribution in [2.45, 2.75) is 37.6 Å². The van der Waals surface area contributed by atoms with Gasteiger partial charge in [-0.05, 0) is 26.7 Å². The lowest BCUT2D eigenvalue weighted by Crippen LogP contribution is -2.50. The molecule has 0 saturated carbocycles. The Bertz CT molecular complexity index is 691. The third-order valence-electron chi connectivity index (χ3n) is 3.27. The summed E-state index contributed by atoms with van der Waals surface area (Å²) in [5.74, 6) is -1.82. The number of aromatic carboxylic acids is 1. The van der Waals surface area contributed by atoms with Gasteiger partial charge in [0, 0.05) is 6.54 Å². The fraction of sp³-hybridized carbons (Fsp3) is 0.500. The number of nitrogens with one attached hydrogen (secondary N) is 2. The van der Waals surface area contributed by atoms with Crippen LogP contribution in [0.15, 0.2) is 9.31 Å². The quantitative estimate of drug-likeness (QED) is 0.726. The lowest BCUT2D eigenvalue weighted by atomic mass is 10.1. The number of carboxylic acid groups (broad SMARTS) is 1. The van der Waals surface area contributed by atoms with E-state index in [0.717, 1.165) is 0 Å². The predicted molar refractivity (Wildman–Crippen MR) is 71.5 cm³/mol. The monoisotopic (exact) mass is 316 g/mol. The van der Waals surface area contributed by atoms with Crippen LogP contribution in [0.1, 0.15) is 34.7 Å². The van der Waals surface area contributed by atoms with Crippen LogP contribution in [0.4, 0.5) is 0 Å². The van der Waals surface area contributed by atoms with Crippen molar-refractivity contribution in [3.05, 3.63) is 17.1 Å². The van der Waals surface area contributed by atoms with Gasteiger partial charge < -0.3 is 14.8 Å². The number of carbonyl (C=O) groups is 2. The van der Waals surface area contributed by atoms with Crippen LogP contribution in [0.5, 0.6) is 0 Å². The summed E-state index contributed by atoms with van der Waals surface area (Å²) in [5.41, 5.74) is -0.406. The first-order chi connectivity index (χ1) is 9.74. The number of carbonyl (C=O) groups excluding carboxylic acids is 1. The van der Waals surface area contributed by atoms with Crippen molar-refractivity contribution in [1.82, 2.24) is 10.0 Å². The van der Waals surface area contributed by atoms with E-state index in [0.29, 0.717) is 19.4 Å². The molecule has 116 valence electrons. The van der Waals surface area contributed by atoms with Gasteiger partial charge in [0.2, 0.25) is 15.9 Å². The minimum Gasteiger partial charge on any atom is -0.478 e. The van der Waals surface area contributed by atoms with Crippen LogP contribution >= 0.6 is 0 Å². The highest BCUT2D eigenvalue weighted by Crippen LogP contribution is 2.27. The Morgan fingerprint density at radius 1 is 1.38 bits per heavy atom. The Morgan fingerprint density at radius 2 is 2.05 bits per heavy atom. The molecule has 9 heteroatoms. The molecule has 2 rings (SSSR count). The Labute approximate surface area is 121 Å². The molecule has 1 aliphatic heterocycles. The summed E-state index contributed by atoms with van der Waals surface area (Å²) >= 11 is 0. The standard InChI is InChI=1S/C12H16N2O6S/c1-6-9(12(16)17)10(7(2)20-6)21(18,19)14-8-4-3-5-13-11(8)15/h8,14H,3-5H2,1-2H3,(H,13,15)(H,16,17). The van der Waals surface area contributed by atoms with Crippen molar-refractivity contribution in [3.8, 4) is 0 Å². The van der Waals surface area contributed by atoms with Crippen molar-refractivity contribution in [1.29, 1.82) is 0 Å². The minimum absolute atomic E-state index is 0.00784. The zero-order chi connectivity index (χ0) is 15.8. The second-order valence-corrected chi connectivity index (χ2v) is 6.48. The number of amides is 1. The smallest absolute Gasteiger partial charge is 0.340 e. The van der Waals surface area contributed by atoms with E-state index in [9.17, 15) is 18.0 Å². The Hall–Kier alpha value is -1.87. The van der Waals surface area contributed by atoms with Crippen LogP contribution in [0, 0.1) is 13.8 Å². The highest BCUT2D eigenvalue weighted by molar-refractivity contribution is 7.89. The molecule has 21 heavy (non-hydrogen) atoms. The number of piperidine rings is 1. The molecule has 8 nitrogen and oxygen atoms in total. The summed E-state index contributed by atoms with van der Waals surface area (Å²) < 4.78 is 32.1. The summed E-state index contributed by atoms with van der Waals surface area (Å²) in [6.07, 6.45) is 1.01. The molecule has 0 aromatic carbocycles. The molecule has 0 bridgehead atoms. The third-order valence-corrected chi connectivity index (χ3v) is 4.89. The first-order valence-corrected chi connectivity index (χ1v) is 7.85. The van der Waals surface area contributed by atoms with Crippen molar-refractivity contribution in [3.63, 3.8) is 0 Å². The van der Waals surface area contributed by atoms with Gasteiger partial charge in [-0.3, -0.25) is 4.79 Å². The van der Waals surface area contributed by atoms with E-state index in [4.69, 9.17) is 9.52 Å². The van der Waals surface area contributed by atoms with E-state index >= 15 is 0 Å². The predicted octanol–water partition coefficient (Wildman–Crippen LogP) is 0.152. The maximum absolute atomic E-state index is 12.4. The molecular weight excluding hydrogens is 300 g/mol. The fourth-order valence-corrected chi connectivity index (χ4v) is 4.00. The molecule has 1 unspecified atom stereocenters. The molecule has 1 aromatic rings. The molecule has 1 saturated heterocycles. The van der Waals surface area contributed by atoms with Crippen LogP contribution in [0.25, 0.3) is 0 Å². The number of hydrogen-bond donors (Lipinski definition) is 3. The summed E-state index contributed by atoms with van der Waals surface area (Å²) in [4.78, 5) is 22.4. The molecule has 2 heterocycles. The topological polar surface area (TPSA) is 126 Å². The maximum Gasteiger partial charge on any atom is 0.340 e. The average molecular weight is 316 g/mol. The van der Waals surface area contributed by atoms with Crippen molar-refractivity contribution >= 4 is 21.9 Å². The Kier molecular flexibility index (Phi) is 4.06. The fourth-order valence-electron chi connectivity index (χ4n) is 2.36. The molecular formula is C12H16N2O6S. The lowest BCUT2D eigenvalue weighted by molar-refractivity contribution is -0.124. The van der Waals surface area contributed by atoms with Crippen LogP contribution < -0.4 is 10.0 Å². The SMILES string of the molecule is Cc1oc(C)c(S(=O)(=O)NC2CCCNC2=O)c1C(=O)O. The van der Waals surface area contributed by atoms with Crippen molar-refractivity contribution < 1.29 is 27.5 Å². The van der Waals surface area contributed by atoms with Crippen molar-refractivity contribution in [2.75, 3.05) is 6.54 Å². The zero-order valence-corrected chi connectivity index (χ0v) is 12.4. The minimum atomic E-state index is -4.16. The van der Waals surface area contributed by atoms with Gasteiger partial charge in [-0.25, -0.2) is 13.2 Å². The number of hydrogen-bond acceptors (Lipinski definition) is 5. The summed E-state index contributed by atoms with van der Waals surface area (Å²) in [6.45, 7) is 3.25. The first-order valence-electron chi connectivity index (χ1n) is 6.37. The summed E-state index contributed by atoms with van der Waals surface area (Å²) in [5, 5.41) is 11.7. The van der Waals surface area contributed by atoms with Gasteiger partial charge in [-0.15, -0.1) is 0 Å². The average Bonchev–Trinajstić information content (AvgIpc) is 2.67. The number of sulfonamides is 1. The molecule has 1 aliphatic rings. The number of furan rings is 1. The highest BCUT2D eigenvalue weighted by Gasteiger charge is 2.34. The summed E-state index contributed by atoms with van der Waals surface area (Å²) in [6, 6.07) is -0.903. The lowest BCUT2D eigenvalue weighted by Gasteiger charge is -2.22. The molecule has 1 amide bonds. The van der Waals surface area contributed by atoms with Gasteiger partial charge >= 0.3 is 5.97 Å². The highest BCUT2D eigenvalue weighted by atomic mass is 32.2. The Balaban J connectivity index is 2.40. The van der Waals surface area contributed by atoms with E-state index in [2.05, 4.69) is 10.0 Å². The largest absolute Gasteiger partial charge is 0.478 e. The van der Waals surface area contributed by atoms with Gasteiger partial charge in [0.05, 0.1) is 0 Å². The van der Waals surface area contributed by atoms with Gasteiger partial charge in [0.15, 0.2) is 0 Å². The van der Waals surface area contributed by atoms with E-state index in [1.54, 1.807) is 0 Å². The van der Waals surface area contributed by atoms with Crippen LogP contribution in [0.3, 0.4) is 0 Å². The second-order valence-electron chi connectivity index (χ2n) is 4.83. The summed E-state index contributed by atoms with van der Waals surface area (Å²) in [7, 11) is -4.16. The second kappa shape index (κ2) is 5.49. The molecule has 0 radical (unpaired) electrons. The van der Waals surface area contributed by atoms with Crippen molar-refractivity contribution in [2.24, 2.45) is 0 Å². The number of rotatable bonds is 4. The molecule has 1 aromatic heterocycles. The molecule has 1 fully saturated rings. The molecule has 1 atom stereocenters. The normalized spacial score (nSPS) is 19.3. The molecule has 0 spiro atoms. The van der Waals surface area contributed by atoms with Gasteiger partial charge in [-0.1, -0.05) is 0 Å². The van der Waals surface area contributed by atoms with Crippen LogP contribution in [-0.2, 0) is 14.8 Å². The number of carboxylic acids is 1. The first kappa shape index (κ1) is 15.5.